The van der Waals surface area contributed by atoms with Crippen molar-refractivity contribution in [1.82, 2.24) is 15.0 Å². The van der Waals surface area contributed by atoms with E-state index in [0.29, 0.717) is 21.4 Å². The summed E-state index contributed by atoms with van der Waals surface area (Å²) >= 11 is 11.8. The Morgan fingerprint density at radius 2 is 1.74 bits per heavy atom. The molecule has 27 heavy (non-hydrogen) atoms. The van der Waals surface area contributed by atoms with Crippen LogP contribution in [0.4, 0.5) is 36.3 Å². The Morgan fingerprint density at radius 1 is 1.04 bits per heavy atom. The molecule has 5 nitrogen and oxygen atoms in total. The molecule has 10 heteroatoms. The van der Waals surface area contributed by atoms with Crippen LogP contribution in [-0.2, 0) is 6.18 Å². The van der Waals surface area contributed by atoms with Gasteiger partial charge in [-0.2, -0.15) is 18.2 Å². The third-order valence-electron chi connectivity index (χ3n) is 3.62. The summed E-state index contributed by atoms with van der Waals surface area (Å²) in [6, 6.07) is 7.85. The van der Waals surface area contributed by atoms with Crippen molar-refractivity contribution in [2.45, 2.75) is 6.18 Å². The lowest BCUT2D eigenvalue weighted by atomic mass is 10.2. The first-order chi connectivity index (χ1) is 12.8. The van der Waals surface area contributed by atoms with Crippen molar-refractivity contribution in [3.8, 4) is 0 Å². The highest BCUT2D eigenvalue weighted by Crippen LogP contribution is 2.37. The van der Waals surface area contributed by atoms with E-state index in [2.05, 4.69) is 20.3 Å². The average molecular weight is 414 g/mol. The summed E-state index contributed by atoms with van der Waals surface area (Å²) in [7, 11) is 1.48. The van der Waals surface area contributed by atoms with Crippen molar-refractivity contribution in [2.24, 2.45) is 0 Å². The van der Waals surface area contributed by atoms with Gasteiger partial charge in [0.2, 0.25) is 5.95 Å². The highest BCUT2D eigenvalue weighted by Gasteiger charge is 2.36. The van der Waals surface area contributed by atoms with E-state index in [1.54, 1.807) is 24.3 Å². The SMILES string of the molecule is CN(c1ccncc1)c1nc(Nc2ccc(Cl)c(Cl)c2)ncc1C(F)(F)F. The van der Waals surface area contributed by atoms with Crippen LogP contribution < -0.4 is 10.2 Å². The van der Waals surface area contributed by atoms with E-state index in [9.17, 15) is 13.2 Å². The fourth-order valence-corrected chi connectivity index (χ4v) is 2.58. The second-order valence-electron chi connectivity index (χ2n) is 5.45. The molecule has 0 saturated heterocycles. The van der Waals surface area contributed by atoms with Crippen LogP contribution in [-0.4, -0.2) is 22.0 Å². The van der Waals surface area contributed by atoms with Gasteiger partial charge in [-0.05, 0) is 30.3 Å². The quantitative estimate of drug-likeness (QED) is 0.593. The van der Waals surface area contributed by atoms with Gasteiger partial charge in [0.25, 0.3) is 0 Å². The normalized spacial score (nSPS) is 11.3. The van der Waals surface area contributed by atoms with Crippen molar-refractivity contribution >= 4 is 46.3 Å². The smallest absolute Gasteiger partial charge is 0.329 e. The molecule has 0 atom stereocenters. The maximum absolute atomic E-state index is 13.4. The summed E-state index contributed by atoms with van der Waals surface area (Å²) in [5.74, 6) is -0.316. The van der Waals surface area contributed by atoms with Gasteiger partial charge < -0.3 is 10.2 Å². The van der Waals surface area contributed by atoms with Crippen LogP contribution in [0.15, 0.2) is 48.9 Å². The van der Waals surface area contributed by atoms with Crippen molar-refractivity contribution < 1.29 is 13.2 Å². The molecule has 3 aromatic rings. The zero-order chi connectivity index (χ0) is 19.6. The third kappa shape index (κ3) is 4.40. The van der Waals surface area contributed by atoms with Gasteiger partial charge in [0.1, 0.15) is 5.56 Å². The summed E-state index contributed by atoms with van der Waals surface area (Å²) in [5, 5.41) is 3.48. The van der Waals surface area contributed by atoms with Crippen LogP contribution in [0.5, 0.6) is 0 Å². The predicted octanol–water partition coefficient (Wildman–Crippen LogP) is 5.71. The van der Waals surface area contributed by atoms with Crippen molar-refractivity contribution in [1.29, 1.82) is 0 Å². The van der Waals surface area contributed by atoms with Crippen molar-refractivity contribution in [2.75, 3.05) is 17.3 Å². The van der Waals surface area contributed by atoms with Crippen molar-refractivity contribution in [3.63, 3.8) is 0 Å². The first kappa shape index (κ1) is 19.2. The average Bonchev–Trinajstić information content (AvgIpc) is 2.64. The van der Waals surface area contributed by atoms with E-state index in [0.717, 1.165) is 6.20 Å². The standard InChI is InChI=1S/C17H12Cl2F3N5/c1-27(11-4-6-23-7-5-11)15-12(17(20,21)22)9-24-16(26-15)25-10-2-3-13(18)14(19)8-10/h2-9H,1H3,(H,24,25,26). The Labute approximate surface area is 162 Å². The molecule has 0 amide bonds. The summed E-state index contributed by atoms with van der Waals surface area (Å²) in [5.41, 5.74) is 0.0258. The summed E-state index contributed by atoms with van der Waals surface area (Å²) < 4.78 is 40.2. The minimum absolute atomic E-state index is 0.0164. The Bertz CT molecular complexity index is 951. The molecular weight excluding hydrogens is 402 g/mol. The number of aromatic nitrogens is 3. The van der Waals surface area contributed by atoms with E-state index in [1.165, 1.54) is 30.4 Å². The lowest BCUT2D eigenvalue weighted by Gasteiger charge is -2.22. The molecule has 0 aliphatic carbocycles. The van der Waals surface area contributed by atoms with Crippen LogP contribution in [0.25, 0.3) is 0 Å². The first-order valence-electron chi connectivity index (χ1n) is 7.56. The van der Waals surface area contributed by atoms with Crippen LogP contribution in [0.1, 0.15) is 5.56 Å². The molecule has 0 fully saturated rings. The molecule has 0 radical (unpaired) electrons. The van der Waals surface area contributed by atoms with Gasteiger partial charge in [-0.3, -0.25) is 4.98 Å². The number of anilines is 4. The van der Waals surface area contributed by atoms with Gasteiger partial charge in [-0.1, -0.05) is 23.2 Å². The van der Waals surface area contributed by atoms with E-state index in [-0.39, 0.29) is 11.8 Å². The number of halogens is 5. The number of rotatable bonds is 4. The molecule has 2 heterocycles. The number of hydrogen-bond donors (Lipinski definition) is 1. The minimum Gasteiger partial charge on any atom is -0.329 e. The number of benzene rings is 1. The number of nitrogens with one attached hydrogen (secondary N) is 1. The Hall–Kier alpha value is -2.58. The second kappa shape index (κ2) is 7.58. The van der Waals surface area contributed by atoms with E-state index in [1.807, 2.05) is 0 Å². The maximum Gasteiger partial charge on any atom is 0.421 e. The van der Waals surface area contributed by atoms with Gasteiger partial charge in [0, 0.05) is 37.0 Å². The lowest BCUT2D eigenvalue weighted by Crippen LogP contribution is -2.19. The van der Waals surface area contributed by atoms with Gasteiger partial charge in [-0.15, -0.1) is 0 Å². The molecule has 1 aromatic carbocycles. The number of hydrogen-bond acceptors (Lipinski definition) is 5. The molecule has 0 aliphatic rings. The molecule has 2 aromatic heterocycles. The minimum atomic E-state index is -4.61. The van der Waals surface area contributed by atoms with Gasteiger partial charge in [-0.25, -0.2) is 4.98 Å². The Kier molecular flexibility index (Phi) is 5.38. The topological polar surface area (TPSA) is 53.9 Å². The summed E-state index contributed by atoms with van der Waals surface area (Å²) in [4.78, 5) is 13.0. The highest BCUT2D eigenvalue weighted by atomic mass is 35.5. The number of pyridine rings is 1. The maximum atomic E-state index is 13.4. The van der Waals surface area contributed by atoms with Crippen LogP contribution in [0, 0.1) is 0 Å². The molecule has 0 aliphatic heterocycles. The summed E-state index contributed by atoms with van der Waals surface area (Å²) in [6.45, 7) is 0. The van der Waals surface area contributed by atoms with Crippen LogP contribution in [0.3, 0.4) is 0 Å². The Morgan fingerprint density at radius 3 is 2.37 bits per heavy atom. The third-order valence-corrected chi connectivity index (χ3v) is 4.36. The molecule has 0 saturated carbocycles. The molecule has 0 unspecified atom stereocenters. The van der Waals surface area contributed by atoms with E-state index >= 15 is 0 Å². The number of nitrogens with zero attached hydrogens (tertiary/aromatic N) is 4. The van der Waals surface area contributed by atoms with Gasteiger partial charge in [0.05, 0.1) is 10.0 Å². The largest absolute Gasteiger partial charge is 0.421 e. The molecule has 0 bridgehead atoms. The molecule has 3 rings (SSSR count). The predicted molar refractivity (Wildman–Crippen MR) is 99.1 cm³/mol. The van der Waals surface area contributed by atoms with E-state index in [4.69, 9.17) is 23.2 Å². The molecule has 0 spiro atoms. The summed E-state index contributed by atoms with van der Waals surface area (Å²) in [6.07, 6.45) is -0.914. The van der Waals surface area contributed by atoms with E-state index < -0.39 is 11.7 Å². The van der Waals surface area contributed by atoms with Crippen LogP contribution >= 0.6 is 23.2 Å². The van der Waals surface area contributed by atoms with Gasteiger partial charge in [0.15, 0.2) is 5.82 Å². The fraction of sp³-hybridized carbons (Fsp3) is 0.118. The molecule has 140 valence electrons. The monoisotopic (exact) mass is 413 g/mol. The fourth-order valence-electron chi connectivity index (χ4n) is 2.28. The molecular formula is C17H12Cl2F3N5. The first-order valence-corrected chi connectivity index (χ1v) is 8.31. The molecule has 1 N–H and O–H groups in total. The zero-order valence-electron chi connectivity index (χ0n) is 13.8. The van der Waals surface area contributed by atoms with Crippen LogP contribution in [0.2, 0.25) is 10.0 Å². The highest BCUT2D eigenvalue weighted by molar-refractivity contribution is 6.42. The van der Waals surface area contributed by atoms with Gasteiger partial charge >= 0.3 is 6.18 Å². The Balaban J connectivity index is 2.01. The second-order valence-corrected chi connectivity index (χ2v) is 6.26. The lowest BCUT2D eigenvalue weighted by molar-refractivity contribution is -0.137. The number of alkyl halides is 3. The zero-order valence-corrected chi connectivity index (χ0v) is 15.3. The van der Waals surface area contributed by atoms with Crippen molar-refractivity contribution in [3.05, 3.63) is 64.5 Å².